The molecule has 0 radical (unpaired) electrons. The van der Waals surface area contributed by atoms with Gasteiger partial charge in [0.25, 0.3) is 0 Å². The smallest absolute Gasteiger partial charge is 0.0820 e. The van der Waals surface area contributed by atoms with Crippen LogP contribution in [0.1, 0.15) is 101 Å². The fourth-order valence-corrected chi connectivity index (χ4v) is 3.60. The molecule has 21 heavy (non-hydrogen) atoms. The number of hydrogen-bond acceptors (Lipinski definition) is 1. The molecule has 1 fully saturated rings. The minimum Gasteiger partial charge on any atom is -0.388 e. The van der Waals surface area contributed by atoms with Crippen molar-refractivity contribution in [2.75, 3.05) is 0 Å². The van der Waals surface area contributed by atoms with Gasteiger partial charge >= 0.3 is 0 Å². The molecule has 0 aliphatic heterocycles. The van der Waals surface area contributed by atoms with Gasteiger partial charge in [0.15, 0.2) is 0 Å². The van der Waals surface area contributed by atoms with E-state index >= 15 is 0 Å². The summed E-state index contributed by atoms with van der Waals surface area (Å²) in [6.45, 7) is 8.95. The normalized spacial score (nSPS) is 19.0. The standard InChI is InChI=1S/C20H32O/c1-14(2)17-11-12-18(19(13-17)15(3)4)20(21)16-9-7-5-6-8-10-16/h11-16,20-21H,5-10H2,1-4H3. The van der Waals surface area contributed by atoms with E-state index in [-0.39, 0.29) is 6.10 Å². The molecule has 0 bridgehead atoms. The second-order valence-electron chi connectivity index (χ2n) is 7.39. The average molecular weight is 288 g/mol. The fraction of sp³-hybridized carbons (Fsp3) is 0.700. The molecule has 0 heterocycles. The quantitative estimate of drug-likeness (QED) is 0.680. The summed E-state index contributed by atoms with van der Waals surface area (Å²) in [6.07, 6.45) is 7.33. The maximum Gasteiger partial charge on any atom is 0.0820 e. The molecule has 1 aromatic rings. The lowest BCUT2D eigenvalue weighted by atomic mass is 9.83. The Hall–Kier alpha value is -0.820. The van der Waals surface area contributed by atoms with Gasteiger partial charge in [0.05, 0.1) is 6.10 Å². The van der Waals surface area contributed by atoms with Gasteiger partial charge < -0.3 is 5.11 Å². The topological polar surface area (TPSA) is 20.2 Å². The van der Waals surface area contributed by atoms with Gasteiger partial charge in [-0.2, -0.15) is 0 Å². The number of rotatable bonds is 4. The third kappa shape index (κ3) is 4.10. The average Bonchev–Trinajstić information content (AvgIpc) is 2.74. The highest BCUT2D eigenvalue weighted by molar-refractivity contribution is 5.37. The lowest BCUT2D eigenvalue weighted by Gasteiger charge is -2.26. The molecule has 1 aliphatic carbocycles. The van der Waals surface area contributed by atoms with Gasteiger partial charge in [-0.05, 0) is 47.3 Å². The molecule has 118 valence electrons. The molecular formula is C20H32O. The van der Waals surface area contributed by atoms with Crippen LogP contribution in [0.3, 0.4) is 0 Å². The zero-order chi connectivity index (χ0) is 15.4. The molecule has 1 aliphatic rings. The lowest BCUT2D eigenvalue weighted by Crippen LogP contribution is -2.15. The van der Waals surface area contributed by atoms with Crippen LogP contribution in [0.5, 0.6) is 0 Å². The lowest BCUT2D eigenvalue weighted by molar-refractivity contribution is 0.0977. The molecule has 2 rings (SSSR count). The van der Waals surface area contributed by atoms with Crippen molar-refractivity contribution in [3.05, 3.63) is 34.9 Å². The van der Waals surface area contributed by atoms with Crippen LogP contribution < -0.4 is 0 Å². The zero-order valence-corrected chi connectivity index (χ0v) is 14.2. The molecule has 0 spiro atoms. The highest BCUT2D eigenvalue weighted by Crippen LogP contribution is 2.37. The highest BCUT2D eigenvalue weighted by atomic mass is 16.3. The third-order valence-electron chi connectivity index (χ3n) is 5.06. The van der Waals surface area contributed by atoms with Gasteiger partial charge in [-0.3, -0.25) is 0 Å². The van der Waals surface area contributed by atoms with E-state index < -0.39 is 0 Å². The van der Waals surface area contributed by atoms with Crippen LogP contribution in [0.2, 0.25) is 0 Å². The summed E-state index contributed by atoms with van der Waals surface area (Å²) in [7, 11) is 0. The van der Waals surface area contributed by atoms with Gasteiger partial charge in [0.2, 0.25) is 0 Å². The van der Waals surface area contributed by atoms with E-state index in [9.17, 15) is 5.11 Å². The SMILES string of the molecule is CC(C)c1ccc(C(O)C2CCCCCC2)c(C(C)C)c1. The van der Waals surface area contributed by atoms with Crippen molar-refractivity contribution in [2.45, 2.75) is 84.2 Å². The Kier molecular flexibility index (Phi) is 5.87. The molecule has 1 unspecified atom stereocenters. The van der Waals surface area contributed by atoms with E-state index in [0.717, 1.165) is 0 Å². The van der Waals surface area contributed by atoms with Crippen molar-refractivity contribution in [1.29, 1.82) is 0 Å². The second-order valence-corrected chi connectivity index (χ2v) is 7.39. The van der Waals surface area contributed by atoms with Crippen molar-refractivity contribution < 1.29 is 5.11 Å². The van der Waals surface area contributed by atoms with E-state index in [1.807, 2.05) is 0 Å². The molecule has 1 saturated carbocycles. The predicted molar refractivity (Wildman–Crippen MR) is 90.8 cm³/mol. The number of hydrogen-bond donors (Lipinski definition) is 1. The molecule has 1 nitrogen and oxygen atoms in total. The number of aliphatic hydroxyl groups excluding tert-OH is 1. The summed E-state index contributed by atoms with van der Waals surface area (Å²) in [5, 5.41) is 10.9. The van der Waals surface area contributed by atoms with E-state index in [4.69, 9.17) is 0 Å². The third-order valence-corrected chi connectivity index (χ3v) is 5.06. The van der Waals surface area contributed by atoms with Crippen molar-refractivity contribution in [3.63, 3.8) is 0 Å². The Balaban J connectivity index is 2.28. The maximum absolute atomic E-state index is 10.9. The maximum atomic E-state index is 10.9. The molecule has 1 atom stereocenters. The largest absolute Gasteiger partial charge is 0.388 e. The molecule has 1 N–H and O–H groups in total. The first-order chi connectivity index (χ1) is 10.0. The Morgan fingerprint density at radius 2 is 1.48 bits per heavy atom. The van der Waals surface area contributed by atoms with E-state index in [1.165, 1.54) is 55.2 Å². The Bertz CT molecular complexity index is 439. The van der Waals surface area contributed by atoms with Crippen molar-refractivity contribution in [1.82, 2.24) is 0 Å². The molecule has 0 aromatic heterocycles. The van der Waals surface area contributed by atoms with Crippen LogP contribution in [0.15, 0.2) is 18.2 Å². The van der Waals surface area contributed by atoms with Gasteiger partial charge in [0, 0.05) is 0 Å². The highest BCUT2D eigenvalue weighted by Gasteiger charge is 2.25. The van der Waals surface area contributed by atoms with Crippen LogP contribution in [-0.4, -0.2) is 5.11 Å². The monoisotopic (exact) mass is 288 g/mol. The minimum atomic E-state index is -0.276. The Morgan fingerprint density at radius 3 is 2.00 bits per heavy atom. The van der Waals surface area contributed by atoms with Crippen LogP contribution in [-0.2, 0) is 0 Å². The molecular weight excluding hydrogens is 256 g/mol. The van der Waals surface area contributed by atoms with Gasteiger partial charge in [-0.25, -0.2) is 0 Å². The summed E-state index contributed by atoms with van der Waals surface area (Å²) in [4.78, 5) is 0. The fourth-order valence-electron chi connectivity index (χ4n) is 3.60. The van der Waals surface area contributed by atoms with E-state index in [0.29, 0.717) is 17.8 Å². The van der Waals surface area contributed by atoms with Gasteiger partial charge in [-0.15, -0.1) is 0 Å². The molecule has 0 saturated heterocycles. The van der Waals surface area contributed by atoms with Crippen LogP contribution in [0, 0.1) is 5.92 Å². The van der Waals surface area contributed by atoms with Crippen molar-refractivity contribution in [3.8, 4) is 0 Å². The summed E-state index contributed by atoms with van der Waals surface area (Å²) < 4.78 is 0. The molecule has 1 aromatic carbocycles. The summed E-state index contributed by atoms with van der Waals surface area (Å²) in [5.74, 6) is 1.47. The summed E-state index contributed by atoms with van der Waals surface area (Å²) in [5.41, 5.74) is 3.91. The number of aliphatic hydroxyl groups is 1. The molecule has 0 amide bonds. The predicted octanol–water partition coefficient (Wildman–Crippen LogP) is 5.94. The van der Waals surface area contributed by atoms with Gasteiger partial charge in [-0.1, -0.05) is 71.6 Å². The summed E-state index contributed by atoms with van der Waals surface area (Å²) >= 11 is 0. The number of benzene rings is 1. The summed E-state index contributed by atoms with van der Waals surface area (Å²) in [6, 6.07) is 6.73. The van der Waals surface area contributed by atoms with Crippen LogP contribution >= 0.6 is 0 Å². The van der Waals surface area contributed by atoms with Crippen molar-refractivity contribution >= 4 is 0 Å². The first kappa shape index (κ1) is 16.5. The van der Waals surface area contributed by atoms with Crippen LogP contribution in [0.4, 0.5) is 0 Å². The van der Waals surface area contributed by atoms with E-state index in [1.54, 1.807) is 0 Å². The van der Waals surface area contributed by atoms with Crippen molar-refractivity contribution in [2.24, 2.45) is 5.92 Å². The van der Waals surface area contributed by atoms with Gasteiger partial charge in [0.1, 0.15) is 0 Å². The first-order valence-corrected chi connectivity index (χ1v) is 8.82. The minimum absolute atomic E-state index is 0.276. The molecule has 1 heteroatoms. The van der Waals surface area contributed by atoms with Crippen LogP contribution in [0.25, 0.3) is 0 Å². The Labute approximate surface area is 130 Å². The second kappa shape index (κ2) is 7.45. The Morgan fingerprint density at radius 1 is 0.857 bits per heavy atom. The zero-order valence-electron chi connectivity index (χ0n) is 14.2. The first-order valence-electron chi connectivity index (χ1n) is 8.82. The van der Waals surface area contributed by atoms with E-state index in [2.05, 4.69) is 45.9 Å².